The van der Waals surface area contributed by atoms with Crippen LogP contribution in [0, 0.1) is 17.6 Å². The molecule has 1 aromatic carbocycles. The number of hydrogen-bond acceptors (Lipinski definition) is 2. The molecule has 1 unspecified atom stereocenters. The molecule has 3 atom stereocenters. The smallest absolute Gasteiger partial charge is 0.129 e. The van der Waals surface area contributed by atoms with E-state index in [0.29, 0.717) is 6.42 Å². The Hall–Kier alpha value is -1.00. The van der Waals surface area contributed by atoms with Gasteiger partial charge < -0.3 is 9.84 Å². The van der Waals surface area contributed by atoms with Gasteiger partial charge in [-0.15, -0.1) is 0 Å². The molecule has 0 bridgehead atoms. The highest BCUT2D eigenvalue weighted by Gasteiger charge is 2.30. The van der Waals surface area contributed by atoms with Crippen LogP contribution in [0.4, 0.5) is 8.78 Å². The fraction of sp³-hybridized carbons (Fsp3) is 0.500. The molecule has 1 aromatic rings. The molecule has 1 aliphatic rings. The summed E-state index contributed by atoms with van der Waals surface area (Å²) < 4.78 is 31.9. The van der Waals surface area contributed by atoms with Crippen molar-refractivity contribution in [3.05, 3.63) is 35.4 Å². The first-order chi connectivity index (χ1) is 7.58. The SMILES string of the molecule is C[C@H]1CC(O)CO[C@@H]1c1cc(F)ccc1F. The highest BCUT2D eigenvalue weighted by atomic mass is 19.1. The van der Waals surface area contributed by atoms with E-state index in [1.165, 1.54) is 0 Å². The van der Waals surface area contributed by atoms with E-state index >= 15 is 0 Å². The summed E-state index contributed by atoms with van der Waals surface area (Å²) in [5, 5.41) is 9.38. The van der Waals surface area contributed by atoms with Crippen molar-refractivity contribution in [2.75, 3.05) is 6.61 Å². The lowest BCUT2D eigenvalue weighted by Gasteiger charge is -2.32. The fourth-order valence-electron chi connectivity index (χ4n) is 2.13. The monoisotopic (exact) mass is 228 g/mol. The summed E-state index contributed by atoms with van der Waals surface area (Å²) in [5.74, 6) is -0.965. The molecule has 4 heteroatoms. The van der Waals surface area contributed by atoms with Gasteiger partial charge in [0.15, 0.2) is 0 Å². The van der Waals surface area contributed by atoms with Crippen LogP contribution in [0.2, 0.25) is 0 Å². The van der Waals surface area contributed by atoms with E-state index < -0.39 is 23.8 Å². The largest absolute Gasteiger partial charge is 0.391 e. The zero-order valence-corrected chi connectivity index (χ0v) is 8.99. The predicted molar refractivity (Wildman–Crippen MR) is 54.8 cm³/mol. The molecule has 2 rings (SSSR count). The Morgan fingerprint density at radius 1 is 1.38 bits per heavy atom. The van der Waals surface area contributed by atoms with Crippen LogP contribution in [0.1, 0.15) is 25.0 Å². The molecule has 1 saturated heterocycles. The Balaban J connectivity index is 2.26. The Morgan fingerprint density at radius 3 is 2.81 bits per heavy atom. The molecule has 0 aromatic heterocycles. The minimum Gasteiger partial charge on any atom is -0.391 e. The van der Waals surface area contributed by atoms with Gasteiger partial charge in [0.25, 0.3) is 0 Å². The maximum absolute atomic E-state index is 13.5. The first-order valence-electron chi connectivity index (χ1n) is 5.32. The molecule has 1 heterocycles. The molecule has 1 fully saturated rings. The summed E-state index contributed by atoms with van der Waals surface area (Å²) in [7, 11) is 0. The summed E-state index contributed by atoms with van der Waals surface area (Å²) in [6, 6.07) is 3.35. The average Bonchev–Trinajstić information content (AvgIpc) is 2.22. The van der Waals surface area contributed by atoms with Gasteiger partial charge in [-0.05, 0) is 30.5 Å². The van der Waals surface area contributed by atoms with Crippen LogP contribution < -0.4 is 0 Å². The number of benzene rings is 1. The van der Waals surface area contributed by atoms with Gasteiger partial charge in [-0.2, -0.15) is 0 Å². The number of rotatable bonds is 1. The quantitative estimate of drug-likeness (QED) is 0.799. The van der Waals surface area contributed by atoms with Gasteiger partial charge in [0.2, 0.25) is 0 Å². The van der Waals surface area contributed by atoms with Gasteiger partial charge in [-0.25, -0.2) is 8.78 Å². The summed E-state index contributed by atoms with van der Waals surface area (Å²) >= 11 is 0. The maximum atomic E-state index is 13.5. The third-order valence-electron chi connectivity index (χ3n) is 2.89. The Bertz CT molecular complexity index is 381. The van der Waals surface area contributed by atoms with Crippen LogP contribution in [-0.4, -0.2) is 17.8 Å². The molecule has 0 spiro atoms. The second-order valence-electron chi connectivity index (χ2n) is 4.29. The van der Waals surface area contributed by atoms with Crippen molar-refractivity contribution < 1.29 is 18.6 Å². The van der Waals surface area contributed by atoms with Gasteiger partial charge in [-0.3, -0.25) is 0 Å². The van der Waals surface area contributed by atoms with Crippen LogP contribution in [0.25, 0.3) is 0 Å². The molecule has 1 N–H and O–H groups in total. The topological polar surface area (TPSA) is 29.5 Å². The van der Waals surface area contributed by atoms with E-state index in [1.807, 2.05) is 6.92 Å². The molecule has 0 amide bonds. The van der Waals surface area contributed by atoms with Crippen LogP contribution in [0.15, 0.2) is 18.2 Å². The summed E-state index contributed by atoms with van der Waals surface area (Å²) in [6.07, 6.45) is -0.442. The molecule has 88 valence electrons. The zero-order valence-electron chi connectivity index (χ0n) is 8.99. The minimum atomic E-state index is -0.511. The summed E-state index contributed by atoms with van der Waals surface area (Å²) in [5.41, 5.74) is 0.236. The number of hydrogen-bond donors (Lipinski definition) is 1. The first-order valence-corrected chi connectivity index (χ1v) is 5.32. The van der Waals surface area contributed by atoms with Crippen molar-refractivity contribution >= 4 is 0 Å². The van der Waals surface area contributed by atoms with E-state index in [9.17, 15) is 13.9 Å². The Labute approximate surface area is 92.9 Å². The lowest BCUT2D eigenvalue weighted by molar-refractivity contribution is -0.0880. The maximum Gasteiger partial charge on any atom is 0.129 e. The summed E-state index contributed by atoms with van der Waals surface area (Å²) in [6.45, 7) is 2.03. The number of halogens is 2. The molecule has 1 aliphatic heterocycles. The van der Waals surface area contributed by atoms with E-state index in [4.69, 9.17) is 4.74 Å². The second-order valence-corrected chi connectivity index (χ2v) is 4.29. The first kappa shape index (κ1) is 11.5. The van der Waals surface area contributed by atoms with Crippen molar-refractivity contribution in [3.8, 4) is 0 Å². The van der Waals surface area contributed by atoms with Crippen molar-refractivity contribution in [1.82, 2.24) is 0 Å². The third kappa shape index (κ3) is 2.23. The highest BCUT2D eigenvalue weighted by Crippen LogP contribution is 2.34. The van der Waals surface area contributed by atoms with Crippen molar-refractivity contribution in [3.63, 3.8) is 0 Å². The molecule has 0 aliphatic carbocycles. The van der Waals surface area contributed by atoms with E-state index in [0.717, 1.165) is 18.2 Å². The lowest BCUT2D eigenvalue weighted by Crippen LogP contribution is -2.31. The van der Waals surface area contributed by atoms with Gasteiger partial charge in [0, 0.05) is 5.56 Å². The van der Waals surface area contributed by atoms with Gasteiger partial charge >= 0.3 is 0 Å². The molecular formula is C12H14F2O2. The van der Waals surface area contributed by atoms with Crippen LogP contribution in [0.3, 0.4) is 0 Å². The van der Waals surface area contributed by atoms with Crippen LogP contribution in [-0.2, 0) is 4.74 Å². The summed E-state index contributed by atoms with van der Waals surface area (Å²) in [4.78, 5) is 0. The van der Waals surface area contributed by atoms with Crippen LogP contribution >= 0.6 is 0 Å². The van der Waals surface area contributed by atoms with Gasteiger partial charge in [-0.1, -0.05) is 6.92 Å². The molecule has 2 nitrogen and oxygen atoms in total. The normalized spacial score (nSPS) is 30.4. The van der Waals surface area contributed by atoms with E-state index in [-0.39, 0.29) is 18.1 Å². The minimum absolute atomic E-state index is 0.0277. The van der Waals surface area contributed by atoms with E-state index in [1.54, 1.807) is 0 Å². The fourth-order valence-corrected chi connectivity index (χ4v) is 2.13. The molecule has 16 heavy (non-hydrogen) atoms. The third-order valence-corrected chi connectivity index (χ3v) is 2.89. The highest BCUT2D eigenvalue weighted by molar-refractivity contribution is 5.22. The van der Waals surface area contributed by atoms with Crippen molar-refractivity contribution in [1.29, 1.82) is 0 Å². The van der Waals surface area contributed by atoms with Gasteiger partial charge in [0.05, 0.1) is 18.8 Å². The molecule has 0 radical (unpaired) electrons. The standard InChI is InChI=1S/C12H14F2O2/c1-7-4-9(15)6-16-12(7)10-5-8(13)2-3-11(10)14/h2-3,5,7,9,12,15H,4,6H2,1H3/t7-,9?,12-/m0/s1. The Morgan fingerprint density at radius 2 is 2.12 bits per heavy atom. The average molecular weight is 228 g/mol. The number of ether oxygens (including phenoxy) is 1. The van der Waals surface area contributed by atoms with Crippen LogP contribution in [0.5, 0.6) is 0 Å². The Kier molecular flexibility index (Phi) is 3.21. The lowest BCUT2D eigenvalue weighted by atomic mass is 9.90. The second kappa shape index (κ2) is 4.47. The zero-order chi connectivity index (χ0) is 11.7. The molecular weight excluding hydrogens is 214 g/mol. The van der Waals surface area contributed by atoms with Gasteiger partial charge in [0.1, 0.15) is 11.6 Å². The molecule has 0 saturated carbocycles. The predicted octanol–water partition coefficient (Wildman–Crippen LogP) is 2.42. The van der Waals surface area contributed by atoms with Crippen molar-refractivity contribution in [2.24, 2.45) is 5.92 Å². The number of aliphatic hydroxyl groups is 1. The van der Waals surface area contributed by atoms with Crippen molar-refractivity contribution in [2.45, 2.75) is 25.6 Å². The number of aliphatic hydroxyl groups excluding tert-OH is 1. The van der Waals surface area contributed by atoms with E-state index in [2.05, 4.69) is 0 Å².